The van der Waals surface area contributed by atoms with Crippen LogP contribution in [0.15, 0.2) is 16.7 Å². The van der Waals surface area contributed by atoms with Crippen LogP contribution in [-0.2, 0) is 11.3 Å². The Labute approximate surface area is 106 Å². The maximum Gasteiger partial charge on any atom is 0.339 e. The van der Waals surface area contributed by atoms with Crippen LogP contribution in [0, 0.1) is 0 Å². The van der Waals surface area contributed by atoms with Crippen LogP contribution in [0.2, 0.25) is 0 Å². The highest BCUT2D eigenvalue weighted by atomic mass is 16.4. The minimum atomic E-state index is -1.03. The monoisotopic (exact) mass is 254 g/mol. The topological polar surface area (TPSA) is 82.8 Å². The second-order valence-electron chi connectivity index (χ2n) is 3.73. The zero-order chi connectivity index (χ0) is 13.5. The molecule has 1 aromatic heterocycles. The summed E-state index contributed by atoms with van der Waals surface area (Å²) in [6.07, 6.45) is 1.33. The third-order valence-corrected chi connectivity index (χ3v) is 2.65. The van der Waals surface area contributed by atoms with Gasteiger partial charge < -0.3 is 19.7 Å². The highest BCUT2D eigenvalue weighted by molar-refractivity contribution is 5.88. The molecule has 2 N–H and O–H groups in total. The van der Waals surface area contributed by atoms with Gasteiger partial charge >= 0.3 is 5.97 Å². The molecule has 0 fully saturated rings. The first-order chi connectivity index (χ1) is 8.60. The van der Waals surface area contributed by atoms with E-state index in [4.69, 9.17) is 9.52 Å². The van der Waals surface area contributed by atoms with Crippen LogP contribution in [0.4, 0.5) is 0 Å². The lowest BCUT2D eigenvalue weighted by molar-refractivity contribution is -0.129. The fourth-order valence-electron chi connectivity index (χ4n) is 1.64. The molecule has 1 aromatic rings. The zero-order valence-electron chi connectivity index (χ0n) is 10.6. The predicted molar refractivity (Wildman–Crippen MR) is 65.3 cm³/mol. The Balaban J connectivity index is 2.44. The fourth-order valence-corrected chi connectivity index (χ4v) is 1.64. The molecule has 1 amide bonds. The maximum atomic E-state index is 11.7. The normalized spacial score (nSPS) is 10.3. The Morgan fingerprint density at radius 3 is 2.61 bits per heavy atom. The van der Waals surface area contributed by atoms with Gasteiger partial charge in [-0.15, -0.1) is 0 Å². The fraction of sp³-hybridized carbons (Fsp3) is 0.500. The number of likely N-dealkylation sites (N-methyl/N-ethyl adjacent to an activating group) is 1. The van der Waals surface area contributed by atoms with E-state index in [1.54, 1.807) is 4.90 Å². The molecule has 0 unspecified atom stereocenters. The van der Waals surface area contributed by atoms with E-state index in [-0.39, 0.29) is 24.6 Å². The van der Waals surface area contributed by atoms with Gasteiger partial charge in [0.25, 0.3) is 0 Å². The quantitative estimate of drug-likeness (QED) is 0.756. The van der Waals surface area contributed by atoms with Gasteiger partial charge in [-0.05, 0) is 19.9 Å². The molecule has 0 atom stereocenters. The Bertz CT molecular complexity index is 410. The number of aromatic carboxylic acids is 1. The van der Waals surface area contributed by atoms with Crippen LogP contribution in [0.25, 0.3) is 0 Å². The number of hydrogen-bond donors (Lipinski definition) is 2. The Hall–Kier alpha value is -1.82. The summed E-state index contributed by atoms with van der Waals surface area (Å²) in [4.78, 5) is 24.2. The number of rotatable bonds is 7. The molecule has 0 aliphatic carbocycles. The molecule has 18 heavy (non-hydrogen) atoms. The lowest BCUT2D eigenvalue weighted by atomic mass is 10.2. The van der Waals surface area contributed by atoms with Gasteiger partial charge in [0.05, 0.1) is 19.4 Å². The molecule has 0 aliphatic heterocycles. The maximum absolute atomic E-state index is 11.7. The molecule has 0 spiro atoms. The van der Waals surface area contributed by atoms with E-state index in [1.165, 1.54) is 12.3 Å². The second kappa shape index (κ2) is 6.80. The molecule has 6 heteroatoms. The number of carboxylic acids is 1. The number of furan rings is 1. The lowest BCUT2D eigenvalue weighted by Crippen LogP contribution is -2.37. The summed E-state index contributed by atoms with van der Waals surface area (Å²) in [5.74, 6) is -0.714. The van der Waals surface area contributed by atoms with Gasteiger partial charge in [-0.2, -0.15) is 0 Å². The molecule has 0 aliphatic rings. The molecule has 6 nitrogen and oxygen atoms in total. The van der Waals surface area contributed by atoms with Crippen LogP contribution in [0.1, 0.15) is 30.0 Å². The van der Waals surface area contributed by atoms with E-state index in [2.05, 4.69) is 5.32 Å². The van der Waals surface area contributed by atoms with Crippen molar-refractivity contribution in [3.63, 3.8) is 0 Å². The smallest absolute Gasteiger partial charge is 0.339 e. The first kappa shape index (κ1) is 14.2. The van der Waals surface area contributed by atoms with Crippen molar-refractivity contribution in [2.45, 2.75) is 20.4 Å². The molecule has 0 saturated heterocycles. The first-order valence-corrected chi connectivity index (χ1v) is 5.88. The number of carboxylic acid groups (broad SMARTS) is 1. The molecule has 1 heterocycles. The minimum absolute atomic E-state index is 0.0107. The lowest BCUT2D eigenvalue weighted by Gasteiger charge is -2.18. The Morgan fingerprint density at radius 2 is 2.06 bits per heavy atom. The summed E-state index contributed by atoms with van der Waals surface area (Å²) in [5.41, 5.74) is 0.123. The SMILES string of the molecule is CCN(CC)C(=O)CNCc1occc1C(=O)O. The van der Waals surface area contributed by atoms with Gasteiger partial charge in [-0.25, -0.2) is 4.79 Å². The van der Waals surface area contributed by atoms with Crippen molar-refractivity contribution in [2.75, 3.05) is 19.6 Å². The predicted octanol–water partition coefficient (Wildman–Crippen LogP) is 0.936. The van der Waals surface area contributed by atoms with Gasteiger partial charge in [-0.3, -0.25) is 4.79 Å². The number of hydrogen-bond acceptors (Lipinski definition) is 4. The molecule has 0 aromatic carbocycles. The Morgan fingerprint density at radius 1 is 1.39 bits per heavy atom. The molecule has 0 bridgehead atoms. The number of amides is 1. The summed E-state index contributed by atoms with van der Waals surface area (Å²) in [6.45, 7) is 5.55. The molecular weight excluding hydrogens is 236 g/mol. The third-order valence-electron chi connectivity index (χ3n) is 2.65. The van der Waals surface area contributed by atoms with Crippen LogP contribution < -0.4 is 5.32 Å². The minimum Gasteiger partial charge on any atom is -0.478 e. The average Bonchev–Trinajstić information content (AvgIpc) is 2.79. The number of nitrogens with one attached hydrogen (secondary N) is 1. The van der Waals surface area contributed by atoms with Gasteiger partial charge in [-0.1, -0.05) is 0 Å². The Kier molecular flexibility index (Phi) is 5.38. The van der Waals surface area contributed by atoms with E-state index in [0.29, 0.717) is 18.8 Å². The van der Waals surface area contributed by atoms with Crippen molar-refractivity contribution in [3.8, 4) is 0 Å². The zero-order valence-corrected chi connectivity index (χ0v) is 10.6. The number of carbonyl (C=O) groups excluding carboxylic acids is 1. The molecular formula is C12H18N2O4. The molecule has 0 saturated carbocycles. The van der Waals surface area contributed by atoms with Crippen LogP contribution in [0.5, 0.6) is 0 Å². The van der Waals surface area contributed by atoms with Gasteiger partial charge in [0, 0.05) is 13.1 Å². The van der Waals surface area contributed by atoms with E-state index in [9.17, 15) is 9.59 Å². The van der Waals surface area contributed by atoms with Gasteiger partial charge in [0.2, 0.25) is 5.91 Å². The molecule has 1 rings (SSSR count). The second-order valence-corrected chi connectivity index (χ2v) is 3.73. The molecule has 100 valence electrons. The van der Waals surface area contributed by atoms with Gasteiger partial charge in [0.1, 0.15) is 11.3 Å². The standard InChI is InChI=1S/C12H18N2O4/c1-3-14(4-2)11(15)8-13-7-10-9(12(16)17)5-6-18-10/h5-6,13H,3-4,7-8H2,1-2H3,(H,16,17). The van der Waals surface area contributed by atoms with Gasteiger partial charge in [0.15, 0.2) is 0 Å². The number of carbonyl (C=O) groups is 2. The summed E-state index contributed by atoms with van der Waals surface area (Å²) >= 11 is 0. The van der Waals surface area contributed by atoms with E-state index < -0.39 is 5.97 Å². The highest BCUT2D eigenvalue weighted by Gasteiger charge is 2.14. The summed E-state index contributed by atoms with van der Waals surface area (Å²) in [7, 11) is 0. The average molecular weight is 254 g/mol. The third kappa shape index (κ3) is 3.59. The largest absolute Gasteiger partial charge is 0.478 e. The van der Waals surface area contributed by atoms with Crippen molar-refractivity contribution < 1.29 is 19.1 Å². The van der Waals surface area contributed by atoms with E-state index in [1.807, 2.05) is 13.8 Å². The number of nitrogens with zero attached hydrogens (tertiary/aromatic N) is 1. The van der Waals surface area contributed by atoms with Crippen molar-refractivity contribution in [3.05, 3.63) is 23.7 Å². The van der Waals surface area contributed by atoms with Crippen molar-refractivity contribution in [1.82, 2.24) is 10.2 Å². The van der Waals surface area contributed by atoms with E-state index in [0.717, 1.165) is 0 Å². The van der Waals surface area contributed by atoms with Crippen LogP contribution in [-0.4, -0.2) is 41.5 Å². The molecule has 0 radical (unpaired) electrons. The van der Waals surface area contributed by atoms with Crippen molar-refractivity contribution in [1.29, 1.82) is 0 Å². The summed E-state index contributed by atoms with van der Waals surface area (Å²) in [6, 6.07) is 1.39. The van der Waals surface area contributed by atoms with Crippen LogP contribution in [0.3, 0.4) is 0 Å². The highest BCUT2D eigenvalue weighted by Crippen LogP contribution is 2.09. The first-order valence-electron chi connectivity index (χ1n) is 5.88. The van der Waals surface area contributed by atoms with Crippen LogP contribution >= 0.6 is 0 Å². The summed E-state index contributed by atoms with van der Waals surface area (Å²) in [5, 5.41) is 11.7. The van der Waals surface area contributed by atoms with E-state index >= 15 is 0 Å². The summed E-state index contributed by atoms with van der Waals surface area (Å²) < 4.78 is 5.05. The van der Waals surface area contributed by atoms with Crippen molar-refractivity contribution >= 4 is 11.9 Å². The van der Waals surface area contributed by atoms with Crippen molar-refractivity contribution in [2.24, 2.45) is 0 Å².